The van der Waals surface area contributed by atoms with Crippen LogP contribution in [0.4, 0.5) is 23.2 Å². The van der Waals surface area contributed by atoms with Crippen molar-refractivity contribution in [3.63, 3.8) is 0 Å². The van der Waals surface area contributed by atoms with Crippen molar-refractivity contribution in [3.8, 4) is 0 Å². The Morgan fingerprint density at radius 2 is 2.06 bits per heavy atom. The van der Waals surface area contributed by atoms with Gasteiger partial charge in [0.15, 0.2) is 0 Å². The van der Waals surface area contributed by atoms with E-state index in [1.54, 1.807) is 0 Å². The minimum Gasteiger partial charge on any atom is -0.389 e. The van der Waals surface area contributed by atoms with E-state index < -0.39 is 23.7 Å². The molecule has 0 radical (unpaired) electrons. The lowest BCUT2D eigenvalue weighted by molar-refractivity contribution is -0.137. The topological polar surface area (TPSA) is 41.5 Å². The van der Waals surface area contributed by atoms with Crippen molar-refractivity contribution in [1.82, 2.24) is 0 Å². The van der Waals surface area contributed by atoms with Gasteiger partial charge >= 0.3 is 6.18 Å². The molecule has 0 saturated carbocycles. The standard InChI is InChI=1S/C11H13F4NO2/c1-18-6-8(17)5-16-10-4-7(11(13,14)15)2-3-9(10)12/h2-4,8,16-17H,5-6H2,1H3. The van der Waals surface area contributed by atoms with Gasteiger partial charge in [-0.1, -0.05) is 0 Å². The first-order valence-corrected chi connectivity index (χ1v) is 5.12. The first kappa shape index (κ1) is 14.7. The number of benzene rings is 1. The molecule has 0 aromatic heterocycles. The summed E-state index contributed by atoms with van der Waals surface area (Å²) in [4.78, 5) is 0. The van der Waals surface area contributed by atoms with Crippen molar-refractivity contribution in [2.45, 2.75) is 12.3 Å². The number of methoxy groups -OCH3 is 1. The zero-order valence-electron chi connectivity index (χ0n) is 9.59. The van der Waals surface area contributed by atoms with Crippen LogP contribution >= 0.6 is 0 Å². The van der Waals surface area contributed by atoms with Crippen LogP contribution in [0.3, 0.4) is 0 Å². The van der Waals surface area contributed by atoms with Gasteiger partial charge < -0.3 is 15.2 Å². The van der Waals surface area contributed by atoms with E-state index in [1.807, 2.05) is 0 Å². The van der Waals surface area contributed by atoms with Gasteiger partial charge in [-0.3, -0.25) is 0 Å². The van der Waals surface area contributed by atoms with Crippen LogP contribution in [0, 0.1) is 5.82 Å². The number of alkyl halides is 3. The maximum Gasteiger partial charge on any atom is 0.416 e. The van der Waals surface area contributed by atoms with E-state index in [9.17, 15) is 22.7 Å². The maximum absolute atomic E-state index is 13.3. The molecule has 0 aliphatic heterocycles. The lowest BCUT2D eigenvalue weighted by Gasteiger charge is -2.14. The molecule has 0 aliphatic carbocycles. The summed E-state index contributed by atoms with van der Waals surface area (Å²) in [6.07, 6.45) is -5.46. The molecule has 1 aromatic carbocycles. The summed E-state index contributed by atoms with van der Waals surface area (Å²) in [5.41, 5.74) is -1.26. The molecule has 0 fully saturated rings. The number of ether oxygens (including phenoxy) is 1. The smallest absolute Gasteiger partial charge is 0.389 e. The molecule has 2 N–H and O–H groups in total. The van der Waals surface area contributed by atoms with Crippen molar-refractivity contribution in [3.05, 3.63) is 29.6 Å². The molecule has 0 saturated heterocycles. The molecular formula is C11H13F4NO2. The summed E-state index contributed by atoms with van der Waals surface area (Å²) >= 11 is 0. The molecule has 102 valence electrons. The fraction of sp³-hybridized carbons (Fsp3) is 0.455. The number of hydrogen-bond acceptors (Lipinski definition) is 3. The third-order valence-corrected chi connectivity index (χ3v) is 2.18. The predicted octanol–water partition coefficient (Wildman–Crippen LogP) is 2.26. The molecule has 1 aromatic rings. The highest BCUT2D eigenvalue weighted by atomic mass is 19.4. The highest BCUT2D eigenvalue weighted by Gasteiger charge is 2.31. The number of nitrogens with one attached hydrogen (secondary N) is 1. The van der Waals surface area contributed by atoms with Gasteiger partial charge in [0.05, 0.1) is 24.0 Å². The Morgan fingerprint density at radius 1 is 1.39 bits per heavy atom. The normalized spacial score (nSPS) is 13.4. The molecule has 0 bridgehead atoms. The highest BCUT2D eigenvalue weighted by molar-refractivity contribution is 5.48. The van der Waals surface area contributed by atoms with Crippen LogP contribution in [0.25, 0.3) is 0 Å². The average Bonchev–Trinajstić information content (AvgIpc) is 2.26. The number of aliphatic hydroxyl groups is 1. The van der Waals surface area contributed by atoms with Crippen molar-refractivity contribution >= 4 is 5.69 Å². The van der Waals surface area contributed by atoms with Gasteiger partial charge in [0.25, 0.3) is 0 Å². The summed E-state index contributed by atoms with van der Waals surface area (Å²) in [7, 11) is 1.37. The largest absolute Gasteiger partial charge is 0.416 e. The Morgan fingerprint density at radius 3 is 2.61 bits per heavy atom. The molecule has 0 heterocycles. The number of aliphatic hydroxyl groups excluding tert-OH is 1. The molecule has 18 heavy (non-hydrogen) atoms. The van der Waals surface area contributed by atoms with Gasteiger partial charge in [0.2, 0.25) is 0 Å². The number of hydrogen-bond donors (Lipinski definition) is 2. The molecule has 7 heteroatoms. The van der Waals surface area contributed by atoms with E-state index in [4.69, 9.17) is 0 Å². The summed E-state index contributed by atoms with van der Waals surface area (Å²) in [5, 5.41) is 11.7. The van der Waals surface area contributed by atoms with E-state index >= 15 is 0 Å². The summed E-state index contributed by atoms with van der Waals surface area (Å²) in [5.74, 6) is -0.812. The molecule has 1 rings (SSSR count). The Bertz CT molecular complexity index is 395. The molecular weight excluding hydrogens is 254 g/mol. The third kappa shape index (κ3) is 4.15. The SMILES string of the molecule is COCC(O)CNc1cc(C(F)(F)F)ccc1F. The lowest BCUT2D eigenvalue weighted by Crippen LogP contribution is -2.24. The van der Waals surface area contributed by atoms with Gasteiger partial charge in [-0.05, 0) is 18.2 Å². The van der Waals surface area contributed by atoms with Gasteiger partial charge in [-0.2, -0.15) is 13.2 Å². The average molecular weight is 267 g/mol. The second-order valence-electron chi connectivity index (χ2n) is 3.68. The fourth-order valence-electron chi connectivity index (χ4n) is 1.32. The van der Waals surface area contributed by atoms with Gasteiger partial charge in [-0.15, -0.1) is 0 Å². The van der Waals surface area contributed by atoms with Crippen LogP contribution in [0.2, 0.25) is 0 Å². The van der Waals surface area contributed by atoms with E-state index in [-0.39, 0.29) is 18.8 Å². The van der Waals surface area contributed by atoms with E-state index in [0.29, 0.717) is 12.1 Å². The first-order valence-electron chi connectivity index (χ1n) is 5.12. The van der Waals surface area contributed by atoms with E-state index in [1.165, 1.54) is 7.11 Å². The molecule has 1 unspecified atom stereocenters. The van der Waals surface area contributed by atoms with Crippen molar-refractivity contribution in [2.24, 2.45) is 0 Å². The Balaban J connectivity index is 2.76. The van der Waals surface area contributed by atoms with Gasteiger partial charge in [0.1, 0.15) is 5.82 Å². The highest BCUT2D eigenvalue weighted by Crippen LogP contribution is 2.31. The minimum atomic E-state index is -4.53. The quantitative estimate of drug-likeness (QED) is 0.804. The lowest BCUT2D eigenvalue weighted by atomic mass is 10.2. The van der Waals surface area contributed by atoms with Crippen LogP contribution < -0.4 is 5.32 Å². The molecule has 0 amide bonds. The second-order valence-corrected chi connectivity index (χ2v) is 3.68. The van der Waals surface area contributed by atoms with E-state index in [2.05, 4.69) is 10.1 Å². The summed E-state index contributed by atoms with van der Waals surface area (Å²) < 4.78 is 55.1. The predicted molar refractivity (Wildman–Crippen MR) is 57.8 cm³/mol. The van der Waals surface area contributed by atoms with Crippen molar-refractivity contribution in [2.75, 3.05) is 25.6 Å². The van der Waals surface area contributed by atoms with Gasteiger partial charge in [-0.25, -0.2) is 4.39 Å². The monoisotopic (exact) mass is 267 g/mol. The van der Waals surface area contributed by atoms with Crippen LogP contribution in [0.15, 0.2) is 18.2 Å². The zero-order chi connectivity index (χ0) is 13.8. The van der Waals surface area contributed by atoms with Crippen molar-refractivity contribution < 1.29 is 27.4 Å². The van der Waals surface area contributed by atoms with Crippen LogP contribution in [0.5, 0.6) is 0 Å². The number of halogens is 4. The fourth-order valence-corrected chi connectivity index (χ4v) is 1.32. The summed E-state index contributed by atoms with van der Waals surface area (Å²) in [6, 6.07) is 2.05. The number of anilines is 1. The van der Waals surface area contributed by atoms with Crippen molar-refractivity contribution in [1.29, 1.82) is 0 Å². The molecule has 0 aliphatic rings. The molecule has 1 atom stereocenters. The Hall–Kier alpha value is -1.34. The Kier molecular flexibility index (Phi) is 4.92. The Labute approximate surface area is 101 Å². The summed E-state index contributed by atoms with van der Waals surface area (Å²) in [6.45, 7) is -0.0976. The number of rotatable bonds is 5. The molecule has 3 nitrogen and oxygen atoms in total. The zero-order valence-corrected chi connectivity index (χ0v) is 9.59. The van der Waals surface area contributed by atoms with Crippen LogP contribution in [-0.4, -0.2) is 31.5 Å². The second kappa shape index (κ2) is 6.01. The third-order valence-electron chi connectivity index (χ3n) is 2.18. The minimum absolute atomic E-state index is 0.00752. The molecule has 0 spiro atoms. The maximum atomic E-state index is 13.3. The first-order chi connectivity index (χ1) is 8.34. The van der Waals surface area contributed by atoms with Gasteiger partial charge in [0, 0.05) is 13.7 Å². The van der Waals surface area contributed by atoms with E-state index in [0.717, 1.165) is 6.07 Å². The van der Waals surface area contributed by atoms with Crippen LogP contribution in [-0.2, 0) is 10.9 Å². The van der Waals surface area contributed by atoms with Crippen LogP contribution in [0.1, 0.15) is 5.56 Å².